The van der Waals surface area contributed by atoms with Gasteiger partial charge in [-0.05, 0) is 18.6 Å². The molecule has 3 heterocycles. The molecular weight excluding hydrogens is 340 g/mol. The molecule has 6 heteroatoms. The molecule has 6 nitrogen and oxygen atoms in total. The minimum absolute atomic E-state index is 0.156. The molecule has 2 amide bonds. The Morgan fingerprint density at radius 2 is 1.74 bits per heavy atom. The molecule has 1 unspecified atom stereocenters. The first-order valence-electron chi connectivity index (χ1n) is 9.06. The standard InChI is InChI=1S/C21H18N4O2/c26-17-12-21(20(27)23-17)10-11-25(13-21)19-15-8-4-5-9-16(15)22-18(24-19)14-6-2-1-3-7-14/h1-9H,10-13H2,(H,23,26,27). The van der Waals surface area contributed by atoms with E-state index in [1.807, 2.05) is 54.6 Å². The van der Waals surface area contributed by atoms with Gasteiger partial charge in [0.1, 0.15) is 5.82 Å². The summed E-state index contributed by atoms with van der Waals surface area (Å²) in [6.07, 6.45) is 0.917. The topological polar surface area (TPSA) is 75.2 Å². The molecule has 2 saturated heterocycles. The third kappa shape index (κ3) is 2.56. The molecule has 134 valence electrons. The van der Waals surface area contributed by atoms with Gasteiger partial charge in [0.2, 0.25) is 11.8 Å². The second-order valence-corrected chi connectivity index (χ2v) is 7.26. The molecule has 1 spiro atoms. The Morgan fingerprint density at radius 3 is 2.52 bits per heavy atom. The minimum Gasteiger partial charge on any atom is -0.355 e. The van der Waals surface area contributed by atoms with Gasteiger partial charge in [-0.2, -0.15) is 0 Å². The summed E-state index contributed by atoms with van der Waals surface area (Å²) >= 11 is 0. The maximum Gasteiger partial charge on any atom is 0.235 e. The van der Waals surface area contributed by atoms with Crippen molar-refractivity contribution < 1.29 is 9.59 Å². The molecule has 5 rings (SSSR count). The van der Waals surface area contributed by atoms with Gasteiger partial charge in [0, 0.05) is 30.5 Å². The van der Waals surface area contributed by atoms with Crippen molar-refractivity contribution in [3.63, 3.8) is 0 Å². The van der Waals surface area contributed by atoms with E-state index in [9.17, 15) is 9.59 Å². The van der Waals surface area contributed by atoms with Crippen molar-refractivity contribution in [2.45, 2.75) is 12.8 Å². The number of rotatable bonds is 2. The number of nitrogens with one attached hydrogen (secondary N) is 1. The molecular formula is C21H18N4O2. The van der Waals surface area contributed by atoms with Gasteiger partial charge in [-0.3, -0.25) is 14.9 Å². The molecule has 2 aliphatic heterocycles. The third-order valence-electron chi connectivity index (χ3n) is 5.50. The summed E-state index contributed by atoms with van der Waals surface area (Å²) in [6, 6.07) is 17.8. The van der Waals surface area contributed by atoms with E-state index in [1.54, 1.807) is 0 Å². The van der Waals surface area contributed by atoms with Crippen molar-refractivity contribution in [2.24, 2.45) is 5.41 Å². The molecule has 0 aliphatic carbocycles. The number of anilines is 1. The lowest BCUT2D eigenvalue weighted by molar-refractivity contribution is -0.127. The van der Waals surface area contributed by atoms with E-state index in [1.165, 1.54) is 0 Å². The predicted molar refractivity (Wildman–Crippen MR) is 102 cm³/mol. The van der Waals surface area contributed by atoms with Crippen LogP contribution in [0.3, 0.4) is 0 Å². The maximum absolute atomic E-state index is 12.3. The molecule has 2 aromatic carbocycles. The molecule has 3 aromatic rings. The van der Waals surface area contributed by atoms with Crippen LogP contribution in [0.15, 0.2) is 54.6 Å². The van der Waals surface area contributed by atoms with Crippen LogP contribution in [0, 0.1) is 5.41 Å². The van der Waals surface area contributed by atoms with Crippen molar-refractivity contribution >= 4 is 28.5 Å². The summed E-state index contributed by atoms with van der Waals surface area (Å²) < 4.78 is 0. The Morgan fingerprint density at radius 1 is 0.963 bits per heavy atom. The summed E-state index contributed by atoms with van der Waals surface area (Å²) in [4.78, 5) is 35.8. The second-order valence-electron chi connectivity index (χ2n) is 7.26. The highest BCUT2D eigenvalue weighted by Gasteiger charge is 2.51. The largest absolute Gasteiger partial charge is 0.355 e. The van der Waals surface area contributed by atoms with E-state index < -0.39 is 5.41 Å². The molecule has 0 saturated carbocycles. The number of benzene rings is 2. The van der Waals surface area contributed by atoms with Crippen molar-refractivity contribution in [2.75, 3.05) is 18.0 Å². The SMILES string of the molecule is O=C1CC2(CCN(c3nc(-c4ccccc4)nc4ccccc34)C2)C(=O)N1. The molecule has 1 atom stereocenters. The molecule has 1 aromatic heterocycles. The van der Waals surface area contributed by atoms with E-state index in [-0.39, 0.29) is 18.2 Å². The molecule has 2 fully saturated rings. The Balaban J connectivity index is 1.61. The van der Waals surface area contributed by atoms with Gasteiger partial charge in [-0.25, -0.2) is 9.97 Å². The van der Waals surface area contributed by atoms with Gasteiger partial charge in [-0.1, -0.05) is 42.5 Å². The van der Waals surface area contributed by atoms with E-state index >= 15 is 0 Å². The van der Waals surface area contributed by atoms with Gasteiger partial charge in [0.05, 0.1) is 10.9 Å². The van der Waals surface area contributed by atoms with Crippen LogP contribution in [0.1, 0.15) is 12.8 Å². The zero-order valence-corrected chi connectivity index (χ0v) is 14.7. The van der Waals surface area contributed by atoms with E-state index in [2.05, 4.69) is 10.2 Å². The predicted octanol–water partition coefficient (Wildman–Crippen LogP) is 2.54. The number of carbonyl (C=O) groups is 2. The van der Waals surface area contributed by atoms with Gasteiger partial charge < -0.3 is 4.90 Å². The highest BCUT2D eigenvalue weighted by Crippen LogP contribution is 2.40. The van der Waals surface area contributed by atoms with E-state index in [4.69, 9.17) is 9.97 Å². The summed E-state index contributed by atoms with van der Waals surface area (Å²) in [5, 5.41) is 3.42. The summed E-state index contributed by atoms with van der Waals surface area (Å²) in [5.41, 5.74) is 1.19. The molecule has 27 heavy (non-hydrogen) atoms. The first-order chi connectivity index (χ1) is 13.1. The monoisotopic (exact) mass is 358 g/mol. The van der Waals surface area contributed by atoms with Gasteiger partial charge in [0.15, 0.2) is 5.82 Å². The lowest BCUT2D eigenvalue weighted by Gasteiger charge is -2.22. The number of amides is 2. The lowest BCUT2D eigenvalue weighted by atomic mass is 9.85. The number of para-hydroxylation sites is 1. The van der Waals surface area contributed by atoms with Crippen molar-refractivity contribution in [1.82, 2.24) is 15.3 Å². The minimum atomic E-state index is -0.629. The number of imide groups is 1. The first-order valence-corrected chi connectivity index (χ1v) is 9.06. The second kappa shape index (κ2) is 5.87. The Hall–Kier alpha value is -3.28. The fraction of sp³-hybridized carbons (Fsp3) is 0.238. The number of hydrogen-bond acceptors (Lipinski definition) is 5. The summed E-state index contributed by atoms with van der Waals surface area (Å²) in [5.74, 6) is 1.15. The highest BCUT2D eigenvalue weighted by molar-refractivity contribution is 6.06. The van der Waals surface area contributed by atoms with Crippen LogP contribution in [0.2, 0.25) is 0 Å². The van der Waals surface area contributed by atoms with Gasteiger partial charge in [-0.15, -0.1) is 0 Å². The van der Waals surface area contributed by atoms with Gasteiger partial charge in [0.25, 0.3) is 0 Å². The zero-order chi connectivity index (χ0) is 18.4. The average Bonchev–Trinajstić information content (AvgIpc) is 3.24. The van der Waals surface area contributed by atoms with Crippen LogP contribution >= 0.6 is 0 Å². The molecule has 0 radical (unpaired) electrons. The molecule has 2 aliphatic rings. The van der Waals surface area contributed by atoms with Crippen molar-refractivity contribution in [3.05, 3.63) is 54.6 Å². The quantitative estimate of drug-likeness (QED) is 0.713. The lowest BCUT2D eigenvalue weighted by Crippen LogP contribution is -2.34. The molecule has 0 bridgehead atoms. The van der Waals surface area contributed by atoms with Crippen molar-refractivity contribution in [1.29, 1.82) is 0 Å². The van der Waals surface area contributed by atoms with Crippen LogP contribution in [0.25, 0.3) is 22.3 Å². The van der Waals surface area contributed by atoms with Crippen LogP contribution in [-0.4, -0.2) is 34.9 Å². The smallest absolute Gasteiger partial charge is 0.235 e. The third-order valence-corrected chi connectivity index (χ3v) is 5.50. The Labute approximate surface area is 156 Å². The van der Waals surface area contributed by atoms with Gasteiger partial charge >= 0.3 is 0 Å². The first kappa shape index (κ1) is 15.9. The zero-order valence-electron chi connectivity index (χ0n) is 14.7. The normalized spacial score (nSPS) is 22.0. The fourth-order valence-corrected chi connectivity index (χ4v) is 4.09. The summed E-state index contributed by atoms with van der Waals surface area (Å²) in [6.45, 7) is 1.19. The van der Waals surface area contributed by atoms with Crippen molar-refractivity contribution in [3.8, 4) is 11.4 Å². The maximum atomic E-state index is 12.3. The Bertz CT molecular complexity index is 1070. The molecule has 1 N–H and O–H groups in total. The number of hydrogen-bond donors (Lipinski definition) is 1. The number of nitrogens with zero attached hydrogens (tertiary/aromatic N) is 3. The van der Waals surface area contributed by atoms with E-state index in [0.29, 0.717) is 25.3 Å². The fourth-order valence-electron chi connectivity index (χ4n) is 4.09. The van der Waals surface area contributed by atoms with Crippen LogP contribution in [0.4, 0.5) is 5.82 Å². The highest BCUT2D eigenvalue weighted by atomic mass is 16.2. The van der Waals surface area contributed by atoms with Crippen LogP contribution in [0.5, 0.6) is 0 Å². The van der Waals surface area contributed by atoms with Crippen LogP contribution in [-0.2, 0) is 9.59 Å². The number of fused-ring (bicyclic) bond motifs is 1. The Kier molecular flexibility index (Phi) is 3.47. The number of carbonyl (C=O) groups excluding carboxylic acids is 2. The van der Waals surface area contributed by atoms with E-state index in [0.717, 1.165) is 22.3 Å². The number of aromatic nitrogens is 2. The summed E-state index contributed by atoms with van der Waals surface area (Å²) in [7, 11) is 0. The average molecular weight is 358 g/mol. The van der Waals surface area contributed by atoms with Crippen LogP contribution < -0.4 is 10.2 Å².